The first-order chi connectivity index (χ1) is 6.06. The number of ether oxygens (including phenoxy) is 1. The zero-order chi connectivity index (χ0) is 10.2. The molecule has 0 spiro atoms. The lowest BCUT2D eigenvalue weighted by Gasteiger charge is -1.98. The molecule has 0 bridgehead atoms. The minimum absolute atomic E-state index is 0.239. The second-order valence-electron chi connectivity index (χ2n) is 2.52. The zero-order valence-corrected chi connectivity index (χ0v) is 7.58. The molecule has 0 aromatic rings. The number of alkyl halides is 3. The highest BCUT2D eigenvalue weighted by Gasteiger charge is 2.22. The Labute approximate surface area is 76.3 Å². The molecule has 0 atom stereocenters. The van der Waals surface area contributed by atoms with Gasteiger partial charge < -0.3 is 4.74 Å². The van der Waals surface area contributed by atoms with Crippen LogP contribution in [-0.2, 0) is 4.74 Å². The molecule has 0 aromatic heterocycles. The highest BCUT2D eigenvalue weighted by Crippen LogP contribution is 2.11. The summed E-state index contributed by atoms with van der Waals surface area (Å²) < 4.78 is 39.5. The maximum absolute atomic E-state index is 11.5. The van der Waals surface area contributed by atoms with E-state index in [2.05, 4.69) is 0 Å². The molecule has 0 unspecified atom stereocenters. The van der Waals surface area contributed by atoms with Gasteiger partial charge in [0.15, 0.2) is 0 Å². The van der Waals surface area contributed by atoms with Gasteiger partial charge >= 0.3 is 6.18 Å². The molecule has 0 heterocycles. The minimum atomic E-state index is -4.36. The predicted octanol–water partition coefficient (Wildman–Crippen LogP) is 2.76. The van der Waals surface area contributed by atoms with Crippen molar-refractivity contribution in [1.29, 1.82) is 0 Å². The normalized spacial score (nSPS) is 10.8. The van der Waals surface area contributed by atoms with Crippen molar-refractivity contribution in [2.45, 2.75) is 32.4 Å². The van der Waals surface area contributed by atoms with E-state index in [1.54, 1.807) is 0 Å². The smallest absolute Gasteiger partial charge is 0.381 e. The third-order valence-electron chi connectivity index (χ3n) is 1.17. The summed E-state index contributed by atoms with van der Waals surface area (Å²) in [5.74, 6) is 3.25. The standard InChI is InChI=1S/C9H13F3O/c1-2-7-13-8-5-3-4-6-9(10,11)12/h2-3,5,7-8H2,1H3. The van der Waals surface area contributed by atoms with Crippen molar-refractivity contribution in [2.75, 3.05) is 13.2 Å². The SMILES string of the molecule is CCCOCCCC#CC(F)(F)F. The molecule has 0 fully saturated rings. The third-order valence-corrected chi connectivity index (χ3v) is 1.17. The number of hydrogen-bond donors (Lipinski definition) is 0. The molecule has 0 amide bonds. The van der Waals surface area contributed by atoms with E-state index in [0.717, 1.165) is 6.42 Å². The summed E-state index contributed by atoms with van der Waals surface area (Å²) in [4.78, 5) is 0. The fraction of sp³-hybridized carbons (Fsp3) is 0.778. The largest absolute Gasteiger partial charge is 0.457 e. The maximum Gasteiger partial charge on any atom is 0.457 e. The first kappa shape index (κ1) is 12.3. The molecule has 0 saturated heterocycles. The van der Waals surface area contributed by atoms with Gasteiger partial charge in [0.2, 0.25) is 0 Å². The molecule has 0 aliphatic carbocycles. The third kappa shape index (κ3) is 11.3. The number of halogens is 3. The summed E-state index contributed by atoms with van der Waals surface area (Å²) in [6.07, 6.45) is -2.63. The van der Waals surface area contributed by atoms with Gasteiger partial charge in [0.05, 0.1) is 0 Å². The van der Waals surface area contributed by atoms with Gasteiger partial charge in [0.25, 0.3) is 0 Å². The van der Waals surface area contributed by atoms with Crippen molar-refractivity contribution in [3.8, 4) is 11.8 Å². The van der Waals surface area contributed by atoms with Crippen LogP contribution in [0.25, 0.3) is 0 Å². The number of hydrogen-bond acceptors (Lipinski definition) is 1. The molecule has 0 aromatic carbocycles. The Morgan fingerprint density at radius 1 is 1.23 bits per heavy atom. The van der Waals surface area contributed by atoms with Crippen LogP contribution in [0.1, 0.15) is 26.2 Å². The molecule has 0 aliphatic heterocycles. The van der Waals surface area contributed by atoms with E-state index >= 15 is 0 Å². The predicted molar refractivity (Wildman–Crippen MR) is 44.2 cm³/mol. The summed E-state index contributed by atoms with van der Waals surface area (Å²) >= 11 is 0. The summed E-state index contributed by atoms with van der Waals surface area (Å²) in [5, 5.41) is 0. The van der Waals surface area contributed by atoms with Crippen molar-refractivity contribution in [3.05, 3.63) is 0 Å². The summed E-state index contributed by atoms with van der Waals surface area (Å²) in [6, 6.07) is 0. The minimum Gasteiger partial charge on any atom is -0.381 e. The van der Waals surface area contributed by atoms with Gasteiger partial charge in [-0.3, -0.25) is 0 Å². The van der Waals surface area contributed by atoms with Crippen molar-refractivity contribution in [3.63, 3.8) is 0 Å². The average Bonchev–Trinajstić information content (AvgIpc) is 2.01. The second-order valence-corrected chi connectivity index (χ2v) is 2.52. The average molecular weight is 194 g/mol. The molecule has 1 nitrogen and oxygen atoms in total. The van der Waals surface area contributed by atoms with Gasteiger partial charge in [-0.05, 0) is 12.8 Å². The van der Waals surface area contributed by atoms with E-state index in [9.17, 15) is 13.2 Å². The number of rotatable bonds is 5. The Kier molecular flexibility index (Phi) is 6.43. The summed E-state index contributed by atoms with van der Waals surface area (Å²) in [5.41, 5.74) is 0. The van der Waals surface area contributed by atoms with E-state index in [1.165, 1.54) is 5.92 Å². The molecular weight excluding hydrogens is 181 g/mol. The first-order valence-corrected chi connectivity index (χ1v) is 4.20. The molecule has 0 rings (SSSR count). The van der Waals surface area contributed by atoms with E-state index in [0.29, 0.717) is 19.6 Å². The monoisotopic (exact) mass is 194 g/mol. The van der Waals surface area contributed by atoms with E-state index in [1.807, 2.05) is 12.8 Å². The molecule has 4 heteroatoms. The van der Waals surface area contributed by atoms with Gasteiger partial charge in [-0.2, -0.15) is 13.2 Å². The number of unbranched alkanes of at least 4 members (excludes halogenated alkanes) is 1. The lowest BCUT2D eigenvalue weighted by Crippen LogP contribution is -2.01. The van der Waals surface area contributed by atoms with E-state index in [-0.39, 0.29) is 6.42 Å². The topological polar surface area (TPSA) is 9.23 Å². The maximum atomic E-state index is 11.5. The fourth-order valence-corrected chi connectivity index (χ4v) is 0.672. The van der Waals surface area contributed by atoms with Gasteiger partial charge in [-0.15, -0.1) is 0 Å². The van der Waals surface area contributed by atoms with Crippen molar-refractivity contribution >= 4 is 0 Å². The van der Waals surface area contributed by atoms with Gasteiger partial charge in [-0.1, -0.05) is 12.8 Å². The van der Waals surface area contributed by atoms with E-state index < -0.39 is 6.18 Å². The second kappa shape index (κ2) is 6.79. The lowest BCUT2D eigenvalue weighted by molar-refractivity contribution is -0.0697. The summed E-state index contributed by atoms with van der Waals surface area (Å²) in [6.45, 7) is 3.12. The quantitative estimate of drug-likeness (QED) is 0.483. The van der Waals surface area contributed by atoms with Gasteiger partial charge in [0.1, 0.15) is 0 Å². The van der Waals surface area contributed by atoms with Crippen LogP contribution in [0.3, 0.4) is 0 Å². The molecule has 0 aliphatic rings. The van der Waals surface area contributed by atoms with Gasteiger partial charge in [-0.25, -0.2) is 0 Å². The molecule has 76 valence electrons. The fourth-order valence-electron chi connectivity index (χ4n) is 0.672. The lowest BCUT2D eigenvalue weighted by atomic mass is 10.3. The Hall–Kier alpha value is -0.690. The van der Waals surface area contributed by atoms with Crippen LogP contribution in [-0.4, -0.2) is 19.4 Å². The molecule has 0 radical (unpaired) electrons. The Bertz CT molecular complexity index is 176. The van der Waals surface area contributed by atoms with E-state index in [4.69, 9.17) is 4.74 Å². The van der Waals surface area contributed by atoms with Crippen molar-refractivity contribution in [2.24, 2.45) is 0 Å². The highest BCUT2D eigenvalue weighted by molar-refractivity contribution is 5.04. The Morgan fingerprint density at radius 2 is 1.92 bits per heavy atom. The van der Waals surface area contributed by atoms with Crippen LogP contribution in [0.4, 0.5) is 13.2 Å². The van der Waals surface area contributed by atoms with Crippen LogP contribution < -0.4 is 0 Å². The van der Waals surface area contributed by atoms with Crippen LogP contribution in [0.15, 0.2) is 0 Å². The molecule has 0 saturated carbocycles. The first-order valence-electron chi connectivity index (χ1n) is 4.20. The highest BCUT2D eigenvalue weighted by atomic mass is 19.4. The zero-order valence-electron chi connectivity index (χ0n) is 7.58. The van der Waals surface area contributed by atoms with Crippen LogP contribution in [0.2, 0.25) is 0 Å². The van der Waals surface area contributed by atoms with Gasteiger partial charge in [0, 0.05) is 25.6 Å². The molecular formula is C9H13F3O. The van der Waals surface area contributed by atoms with Crippen molar-refractivity contribution < 1.29 is 17.9 Å². The Morgan fingerprint density at radius 3 is 2.46 bits per heavy atom. The molecule has 13 heavy (non-hydrogen) atoms. The van der Waals surface area contributed by atoms with Crippen LogP contribution in [0.5, 0.6) is 0 Å². The molecule has 0 N–H and O–H groups in total. The van der Waals surface area contributed by atoms with Crippen LogP contribution >= 0.6 is 0 Å². The van der Waals surface area contributed by atoms with Crippen LogP contribution in [0, 0.1) is 11.8 Å². The Balaban J connectivity index is 3.28. The van der Waals surface area contributed by atoms with Crippen molar-refractivity contribution in [1.82, 2.24) is 0 Å². The summed E-state index contributed by atoms with van der Waals surface area (Å²) in [7, 11) is 0.